The van der Waals surface area contributed by atoms with Gasteiger partial charge in [-0.2, -0.15) is 0 Å². The van der Waals surface area contributed by atoms with E-state index < -0.39 is 24.5 Å². The molecule has 1 heterocycles. The first-order valence-electron chi connectivity index (χ1n) is 9.54. The molecule has 31 heavy (non-hydrogen) atoms. The van der Waals surface area contributed by atoms with Crippen LogP contribution in [0.4, 0.5) is 13.2 Å². The molecule has 0 saturated heterocycles. The van der Waals surface area contributed by atoms with Crippen LogP contribution in [0.2, 0.25) is 0 Å². The highest BCUT2D eigenvalue weighted by atomic mass is 19.4. The molecule has 2 unspecified atom stereocenters. The molecule has 0 bridgehead atoms. The third-order valence-corrected chi connectivity index (χ3v) is 4.90. The van der Waals surface area contributed by atoms with Crippen molar-refractivity contribution in [3.05, 3.63) is 59.7 Å². The first-order valence-corrected chi connectivity index (χ1v) is 9.54. The number of carbonyl (C=O) groups is 1. The Labute approximate surface area is 176 Å². The molecule has 0 saturated carbocycles. The Kier molecular flexibility index (Phi) is 6.56. The predicted octanol–water partition coefficient (Wildman–Crippen LogP) is 3.40. The van der Waals surface area contributed by atoms with E-state index in [1.165, 1.54) is 31.2 Å². The number of aliphatic hydroxyl groups is 2. The summed E-state index contributed by atoms with van der Waals surface area (Å²) in [5.74, 6) is -0.282. The minimum atomic E-state index is -4.79. The highest BCUT2D eigenvalue weighted by Gasteiger charge is 2.32. The standard InChI is InChI=1S/C22H22F3NO5/c1-3-18(28)26-11-14-10-17(13-4-6-15(7-5-13)31-22(23,24)25)21-16(8-9-30-21)19(14)20(29)12(2)27/h3-7,10,12,20,27,29H,1,8-9,11H2,2H3,(H,26,28). The second-order valence-corrected chi connectivity index (χ2v) is 7.08. The monoisotopic (exact) mass is 437 g/mol. The predicted molar refractivity (Wildman–Crippen MR) is 106 cm³/mol. The van der Waals surface area contributed by atoms with Crippen molar-refractivity contribution in [1.82, 2.24) is 5.32 Å². The van der Waals surface area contributed by atoms with Gasteiger partial charge in [0.25, 0.3) is 0 Å². The van der Waals surface area contributed by atoms with E-state index in [4.69, 9.17) is 4.74 Å². The second-order valence-electron chi connectivity index (χ2n) is 7.08. The fourth-order valence-corrected chi connectivity index (χ4v) is 3.53. The number of nitrogens with one attached hydrogen (secondary N) is 1. The molecule has 9 heteroatoms. The Morgan fingerprint density at radius 2 is 2.00 bits per heavy atom. The maximum atomic E-state index is 12.4. The van der Waals surface area contributed by atoms with Gasteiger partial charge in [-0.25, -0.2) is 0 Å². The molecular formula is C22H22F3NO5. The molecule has 0 fully saturated rings. The van der Waals surface area contributed by atoms with Gasteiger partial charge in [-0.3, -0.25) is 4.79 Å². The zero-order valence-electron chi connectivity index (χ0n) is 16.7. The zero-order valence-corrected chi connectivity index (χ0v) is 16.7. The second kappa shape index (κ2) is 8.99. The van der Waals surface area contributed by atoms with Gasteiger partial charge in [0.1, 0.15) is 17.6 Å². The summed E-state index contributed by atoms with van der Waals surface area (Å²) in [7, 11) is 0. The van der Waals surface area contributed by atoms with E-state index in [1.807, 2.05) is 0 Å². The number of aliphatic hydroxyl groups excluding tert-OH is 2. The summed E-state index contributed by atoms with van der Waals surface area (Å²) in [6.45, 7) is 5.25. The lowest BCUT2D eigenvalue weighted by molar-refractivity contribution is -0.274. The molecule has 0 aliphatic carbocycles. The van der Waals surface area contributed by atoms with Gasteiger partial charge in [0, 0.05) is 24.1 Å². The van der Waals surface area contributed by atoms with Gasteiger partial charge in [-0.15, -0.1) is 13.2 Å². The number of alkyl halides is 3. The molecule has 0 aromatic heterocycles. The van der Waals surface area contributed by atoms with E-state index in [1.54, 1.807) is 6.07 Å². The number of rotatable bonds is 7. The first kappa shape index (κ1) is 22.6. The highest BCUT2D eigenvalue weighted by Crippen LogP contribution is 2.43. The molecule has 1 aliphatic rings. The molecule has 1 aliphatic heterocycles. The topological polar surface area (TPSA) is 88.0 Å². The summed E-state index contributed by atoms with van der Waals surface area (Å²) in [6.07, 6.45) is -5.48. The quantitative estimate of drug-likeness (QED) is 0.578. The van der Waals surface area contributed by atoms with Crippen LogP contribution in [0.5, 0.6) is 11.5 Å². The van der Waals surface area contributed by atoms with Gasteiger partial charge in [-0.1, -0.05) is 18.7 Å². The summed E-state index contributed by atoms with van der Waals surface area (Å²) < 4.78 is 47.0. The Balaban J connectivity index is 2.08. The van der Waals surface area contributed by atoms with Gasteiger partial charge in [0.2, 0.25) is 5.91 Å². The Bertz CT molecular complexity index is 971. The molecule has 1 amide bonds. The van der Waals surface area contributed by atoms with Gasteiger partial charge < -0.3 is 25.0 Å². The maximum absolute atomic E-state index is 12.4. The average molecular weight is 437 g/mol. The number of benzene rings is 2. The van der Waals surface area contributed by atoms with Crippen LogP contribution in [-0.2, 0) is 17.8 Å². The Hall–Kier alpha value is -3.04. The van der Waals surface area contributed by atoms with Crippen molar-refractivity contribution in [2.75, 3.05) is 6.61 Å². The van der Waals surface area contributed by atoms with E-state index in [9.17, 15) is 28.2 Å². The van der Waals surface area contributed by atoms with Gasteiger partial charge >= 0.3 is 6.36 Å². The summed E-state index contributed by atoms with van der Waals surface area (Å²) >= 11 is 0. The smallest absolute Gasteiger partial charge is 0.492 e. The van der Waals surface area contributed by atoms with Crippen LogP contribution in [0, 0.1) is 0 Å². The molecule has 2 atom stereocenters. The third-order valence-electron chi connectivity index (χ3n) is 4.90. The van der Waals surface area contributed by atoms with E-state index in [-0.39, 0.29) is 12.3 Å². The van der Waals surface area contributed by atoms with Gasteiger partial charge in [0.05, 0.1) is 12.7 Å². The molecule has 2 aromatic rings. The number of carbonyl (C=O) groups excluding carboxylic acids is 1. The van der Waals surface area contributed by atoms with Gasteiger partial charge in [-0.05, 0) is 47.9 Å². The van der Waals surface area contributed by atoms with Crippen LogP contribution in [-0.4, -0.2) is 35.2 Å². The molecule has 3 N–H and O–H groups in total. The normalized spacial score (nSPS) is 14.9. The molecule has 0 spiro atoms. The third kappa shape index (κ3) is 5.18. The zero-order chi connectivity index (χ0) is 22.8. The number of halogens is 3. The van der Waals surface area contributed by atoms with Crippen LogP contribution in [0.3, 0.4) is 0 Å². The van der Waals surface area contributed by atoms with Crippen LogP contribution in [0.15, 0.2) is 43.0 Å². The lowest BCUT2D eigenvalue weighted by Crippen LogP contribution is -2.24. The number of fused-ring (bicyclic) bond motifs is 1. The van der Waals surface area contributed by atoms with E-state index in [2.05, 4.69) is 16.6 Å². The molecule has 2 aromatic carbocycles. The van der Waals surface area contributed by atoms with Crippen LogP contribution in [0.1, 0.15) is 29.7 Å². The Morgan fingerprint density at radius 1 is 1.32 bits per heavy atom. The van der Waals surface area contributed by atoms with E-state index >= 15 is 0 Å². The molecule has 6 nitrogen and oxygen atoms in total. The average Bonchev–Trinajstić information content (AvgIpc) is 3.19. The number of ether oxygens (including phenoxy) is 2. The fourth-order valence-electron chi connectivity index (χ4n) is 3.53. The first-order chi connectivity index (χ1) is 14.6. The summed E-state index contributed by atoms with van der Waals surface area (Å²) in [4.78, 5) is 11.7. The summed E-state index contributed by atoms with van der Waals surface area (Å²) in [5.41, 5.74) is 2.87. The molecular weight excluding hydrogens is 415 g/mol. The van der Waals surface area contributed by atoms with Crippen molar-refractivity contribution in [2.24, 2.45) is 0 Å². The van der Waals surface area contributed by atoms with E-state index in [0.717, 1.165) is 6.08 Å². The maximum Gasteiger partial charge on any atom is 0.573 e. The van der Waals surface area contributed by atoms with Gasteiger partial charge in [0.15, 0.2) is 0 Å². The van der Waals surface area contributed by atoms with Crippen molar-refractivity contribution in [3.63, 3.8) is 0 Å². The number of hydrogen-bond acceptors (Lipinski definition) is 5. The van der Waals surface area contributed by atoms with E-state index in [0.29, 0.717) is 46.6 Å². The minimum absolute atomic E-state index is 0.0551. The number of amides is 1. The summed E-state index contributed by atoms with van der Waals surface area (Å²) in [5, 5.41) is 23.2. The Morgan fingerprint density at radius 3 is 2.58 bits per heavy atom. The molecule has 0 radical (unpaired) electrons. The van der Waals surface area contributed by atoms with Crippen LogP contribution < -0.4 is 14.8 Å². The lowest BCUT2D eigenvalue weighted by Gasteiger charge is -2.23. The van der Waals surface area contributed by atoms with Crippen molar-refractivity contribution >= 4 is 5.91 Å². The minimum Gasteiger partial charge on any atom is -0.492 e. The van der Waals surface area contributed by atoms with Crippen molar-refractivity contribution in [2.45, 2.75) is 38.5 Å². The highest BCUT2D eigenvalue weighted by molar-refractivity contribution is 5.87. The van der Waals surface area contributed by atoms with Crippen LogP contribution >= 0.6 is 0 Å². The molecule has 166 valence electrons. The fraction of sp³-hybridized carbons (Fsp3) is 0.318. The van der Waals surface area contributed by atoms with Crippen molar-refractivity contribution in [3.8, 4) is 22.6 Å². The molecule has 3 rings (SSSR count). The SMILES string of the molecule is C=CC(=O)NCc1cc(-c2ccc(OC(F)(F)F)cc2)c2c(c1C(O)C(C)O)CCO2. The largest absolute Gasteiger partial charge is 0.573 e. The van der Waals surface area contributed by atoms with Crippen molar-refractivity contribution in [1.29, 1.82) is 0 Å². The lowest BCUT2D eigenvalue weighted by atomic mass is 9.88. The summed E-state index contributed by atoms with van der Waals surface area (Å²) in [6, 6.07) is 7.02. The number of hydrogen-bond donors (Lipinski definition) is 3. The van der Waals surface area contributed by atoms with Crippen molar-refractivity contribution < 1.29 is 37.7 Å². The van der Waals surface area contributed by atoms with Crippen LogP contribution in [0.25, 0.3) is 11.1 Å².